The van der Waals surface area contributed by atoms with Crippen LogP contribution in [-0.4, -0.2) is 5.91 Å². The third-order valence-electron chi connectivity index (χ3n) is 2.38. The summed E-state index contributed by atoms with van der Waals surface area (Å²) >= 11 is 18.5. The van der Waals surface area contributed by atoms with Crippen molar-refractivity contribution in [1.29, 1.82) is 0 Å². The minimum absolute atomic E-state index is 0.244. The Labute approximate surface area is 137 Å². The van der Waals surface area contributed by atoms with Gasteiger partial charge in [0.15, 0.2) is 0 Å². The fourth-order valence-electron chi connectivity index (χ4n) is 1.46. The second-order valence-corrected chi connectivity index (χ2v) is 6.17. The number of anilines is 1. The van der Waals surface area contributed by atoms with Crippen molar-refractivity contribution in [2.45, 2.75) is 0 Å². The van der Waals surface area contributed by atoms with Crippen LogP contribution in [0.25, 0.3) is 0 Å². The van der Waals surface area contributed by atoms with Crippen LogP contribution < -0.4 is 5.32 Å². The van der Waals surface area contributed by atoms with Gasteiger partial charge in [-0.15, -0.1) is 0 Å². The molecule has 0 saturated heterocycles. The Morgan fingerprint density at radius 3 is 2.53 bits per heavy atom. The van der Waals surface area contributed by atoms with E-state index in [9.17, 15) is 4.79 Å². The van der Waals surface area contributed by atoms with Gasteiger partial charge in [-0.05, 0) is 62.2 Å². The van der Waals surface area contributed by atoms with E-state index < -0.39 is 0 Å². The zero-order valence-corrected chi connectivity index (χ0v) is 14.1. The SMILES string of the molecule is O=C(Nc1cccc(Cl)c1Br)c1ccc(Cl)cc1Br. The van der Waals surface area contributed by atoms with Crippen molar-refractivity contribution in [2.75, 3.05) is 5.32 Å². The molecule has 0 aromatic heterocycles. The van der Waals surface area contributed by atoms with Crippen molar-refractivity contribution in [3.63, 3.8) is 0 Å². The van der Waals surface area contributed by atoms with E-state index >= 15 is 0 Å². The molecule has 1 N–H and O–H groups in total. The molecule has 2 aromatic carbocycles. The summed E-state index contributed by atoms with van der Waals surface area (Å²) in [5.41, 5.74) is 1.11. The van der Waals surface area contributed by atoms with Crippen LogP contribution in [0.2, 0.25) is 10.0 Å². The zero-order chi connectivity index (χ0) is 14.0. The van der Waals surface area contributed by atoms with Crippen LogP contribution in [0.5, 0.6) is 0 Å². The quantitative estimate of drug-likeness (QED) is 0.652. The van der Waals surface area contributed by atoms with E-state index in [1.165, 1.54) is 0 Å². The molecule has 0 fully saturated rings. The van der Waals surface area contributed by atoms with Gasteiger partial charge in [0.25, 0.3) is 5.91 Å². The van der Waals surface area contributed by atoms with Crippen molar-refractivity contribution in [3.8, 4) is 0 Å². The normalized spacial score (nSPS) is 10.3. The lowest BCUT2D eigenvalue weighted by molar-refractivity contribution is 0.102. The van der Waals surface area contributed by atoms with Gasteiger partial charge in [-0.2, -0.15) is 0 Å². The van der Waals surface area contributed by atoms with E-state index in [1.54, 1.807) is 36.4 Å². The van der Waals surface area contributed by atoms with Gasteiger partial charge in [-0.3, -0.25) is 4.79 Å². The number of amides is 1. The molecule has 98 valence electrons. The van der Waals surface area contributed by atoms with Crippen LogP contribution in [0.4, 0.5) is 5.69 Å². The molecular weight excluding hydrogens is 417 g/mol. The molecule has 0 spiro atoms. The third-order valence-corrected chi connectivity index (χ3v) is 4.66. The van der Waals surface area contributed by atoms with Crippen LogP contribution >= 0.6 is 55.1 Å². The Morgan fingerprint density at radius 1 is 1.11 bits per heavy atom. The highest BCUT2D eigenvalue weighted by molar-refractivity contribution is 9.11. The van der Waals surface area contributed by atoms with Gasteiger partial charge in [-0.25, -0.2) is 0 Å². The number of nitrogens with one attached hydrogen (secondary N) is 1. The molecule has 6 heteroatoms. The first-order chi connectivity index (χ1) is 8.99. The van der Waals surface area contributed by atoms with E-state index in [0.29, 0.717) is 30.2 Å². The first-order valence-electron chi connectivity index (χ1n) is 5.19. The van der Waals surface area contributed by atoms with E-state index in [0.717, 1.165) is 0 Å². The molecule has 0 aliphatic heterocycles. The lowest BCUT2D eigenvalue weighted by Gasteiger charge is -2.09. The van der Waals surface area contributed by atoms with Crippen molar-refractivity contribution >= 4 is 66.7 Å². The lowest BCUT2D eigenvalue weighted by Crippen LogP contribution is -2.13. The number of carbonyl (C=O) groups excluding carboxylic acids is 1. The molecule has 2 aromatic rings. The Kier molecular flexibility index (Phi) is 4.90. The van der Waals surface area contributed by atoms with Gasteiger partial charge in [-0.1, -0.05) is 29.3 Å². The minimum Gasteiger partial charge on any atom is -0.321 e. The molecule has 19 heavy (non-hydrogen) atoms. The molecule has 0 heterocycles. The van der Waals surface area contributed by atoms with E-state index in [2.05, 4.69) is 37.2 Å². The maximum absolute atomic E-state index is 12.2. The number of carbonyl (C=O) groups is 1. The number of hydrogen-bond donors (Lipinski definition) is 1. The molecule has 2 rings (SSSR count). The molecule has 0 saturated carbocycles. The van der Waals surface area contributed by atoms with E-state index in [1.807, 2.05) is 0 Å². The van der Waals surface area contributed by atoms with Gasteiger partial charge >= 0.3 is 0 Å². The van der Waals surface area contributed by atoms with Crippen LogP contribution in [0.1, 0.15) is 10.4 Å². The van der Waals surface area contributed by atoms with Gasteiger partial charge in [0, 0.05) is 9.50 Å². The van der Waals surface area contributed by atoms with Crippen LogP contribution in [0, 0.1) is 0 Å². The number of rotatable bonds is 2. The monoisotopic (exact) mass is 421 g/mol. The third kappa shape index (κ3) is 3.51. The van der Waals surface area contributed by atoms with Crippen molar-refractivity contribution < 1.29 is 4.79 Å². The second-order valence-electron chi connectivity index (χ2n) is 3.68. The summed E-state index contributed by atoms with van der Waals surface area (Å²) in [6.07, 6.45) is 0. The average Bonchev–Trinajstić information content (AvgIpc) is 2.34. The molecule has 2 nitrogen and oxygen atoms in total. The fraction of sp³-hybridized carbons (Fsp3) is 0. The molecule has 0 aliphatic rings. The molecule has 0 bridgehead atoms. The topological polar surface area (TPSA) is 29.1 Å². The maximum Gasteiger partial charge on any atom is 0.256 e. The largest absolute Gasteiger partial charge is 0.321 e. The maximum atomic E-state index is 12.2. The predicted molar refractivity (Wildman–Crippen MR) is 86.3 cm³/mol. The summed E-state index contributed by atoms with van der Waals surface area (Å²) in [6, 6.07) is 10.2. The highest BCUT2D eigenvalue weighted by Gasteiger charge is 2.12. The highest BCUT2D eigenvalue weighted by atomic mass is 79.9. The van der Waals surface area contributed by atoms with Gasteiger partial charge in [0.1, 0.15) is 0 Å². The van der Waals surface area contributed by atoms with Crippen molar-refractivity contribution in [1.82, 2.24) is 0 Å². The lowest BCUT2D eigenvalue weighted by atomic mass is 10.2. The Morgan fingerprint density at radius 2 is 1.84 bits per heavy atom. The molecular formula is C13H7Br2Cl2NO. The molecule has 0 radical (unpaired) electrons. The van der Waals surface area contributed by atoms with E-state index in [-0.39, 0.29) is 5.91 Å². The predicted octanol–water partition coefficient (Wildman–Crippen LogP) is 5.77. The number of halogens is 4. The highest BCUT2D eigenvalue weighted by Crippen LogP contribution is 2.31. The van der Waals surface area contributed by atoms with Gasteiger partial charge in [0.2, 0.25) is 0 Å². The van der Waals surface area contributed by atoms with Gasteiger partial charge < -0.3 is 5.32 Å². The summed E-state index contributed by atoms with van der Waals surface area (Å²) in [6.45, 7) is 0. The Bertz CT molecular complexity index is 647. The molecule has 0 unspecified atom stereocenters. The molecule has 0 atom stereocenters. The molecule has 1 amide bonds. The standard InChI is InChI=1S/C13H7Br2Cl2NO/c14-9-6-7(16)4-5-8(9)13(19)18-11-3-1-2-10(17)12(11)15/h1-6H,(H,18,19). The average molecular weight is 424 g/mol. The summed E-state index contributed by atoms with van der Waals surface area (Å²) < 4.78 is 1.28. The molecule has 0 aliphatic carbocycles. The summed E-state index contributed by atoms with van der Waals surface area (Å²) in [7, 11) is 0. The van der Waals surface area contributed by atoms with Crippen LogP contribution in [0.15, 0.2) is 45.3 Å². The summed E-state index contributed by atoms with van der Waals surface area (Å²) in [5, 5.41) is 3.88. The number of benzene rings is 2. The second kappa shape index (κ2) is 6.27. The fourth-order valence-corrected chi connectivity index (χ4v) is 2.86. The van der Waals surface area contributed by atoms with Crippen LogP contribution in [-0.2, 0) is 0 Å². The minimum atomic E-state index is -0.244. The van der Waals surface area contributed by atoms with Crippen molar-refractivity contribution in [3.05, 3.63) is 61.0 Å². The smallest absolute Gasteiger partial charge is 0.256 e. The summed E-state index contributed by atoms with van der Waals surface area (Å²) in [4.78, 5) is 12.2. The first kappa shape index (κ1) is 14.9. The van der Waals surface area contributed by atoms with Gasteiger partial charge in [0.05, 0.1) is 20.7 Å². The Balaban J connectivity index is 2.28. The first-order valence-corrected chi connectivity index (χ1v) is 7.53. The Hall–Kier alpha value is -0.550. The van der Waals surface area contributed by atoms with E-state index in [4.69, 9.17) is 23.2 Å². The van der Waals surface area contributed by atoms with Crippen LogP contribution in [0.3, 0.4) is 0 Å². The number of hydrogen-bond acceptors (Lipinski definition) is 1. The zero-order valence-electron chi connectivity index (χ0n) is 9.38. The summed E-state index contributed by atoms with van der Waals surface area (Å²) in [5.74, 6) is -0.244. The van der Waals surface area contributed by atoms with Crippen molar-refractivity contribution in [2.24, 2.45) is 0 Å².